The third-order valence-corrected chi connectivity index (χ3v) is 9.09. The van der Waals surface area contributed by atoms with Gasteiger partial charge >= 0.3 is 5.97 Å². The minimum absolute atomic E-state index is 0.0148. The molecule has 10 heteroatoms. The summed E-state index contributed by atoms with van der Waals surface area (Å²) >= 11 is 1.56. The molecule has 0 radical (unpaired) electrons. The number of nitrogens with zero attached hydrogens (tertiary/aromatic N) is 1. The van der Waals surface area contributed by atoms with Gasteiger partial charge in [0.15, 0.2) is 5.69 Å². The van der Waals surface area contributed by atoms with Gasteiger partial charge in [-0.1, -0.05) is 19.1 Å². The summed E-state index contributed by atoms with van der Waals surface area (Å²) in [5.74, 6) is -1.65. The quantitative estimate of drug-likeness (QED) is 0.200. The summed E-state index contributed by atoms with van der Waals surface area (Å²) in [6.45, 7) is 2.80. The van der Waals surface area contributed by atoms with Crippen LogP contribution in [0.4, 0.5) is 5.69 Å². The highest BCUT2D eigenvalue weighted by molar-refractivity contribution is 7.13. The standard InChI is InChI=1S/C33H32N4O5S/c1-2-14-35-31(39)26-9-8-22(28(37-26)32(40)41)23-18-27-25(29-19(10-15-42-27)11-16-43-29)17-24(23)30(38)36-21-6-4-20(5-7-21)33(34)12-3-13-33/h4-9,11,16-18H,2-3,10,12-15,34H2,1H3,(H,35,39)(H,36,38)(H,40,41). The first-order valence-electron chi connectivity index (χ1n) is 14.4. The molecule has 1 aliphatic carbocycles. The van der Waals surface area contributed by atoms with Crippen molar-refractivity contribution in [1.29, 1.82) is 0 Å². The van der Waals surface area contributed by atoms with Crippen molar-refractivity contribution < 1.29 is 24.2 Å². The van der Waals surface area contributed by atoms with E-state index in [9.17, 15) is 19.5 Å². The lowest BCUT2D eigenvalue weighted by Gasteiger charge is -2.38. The van der Waals surface area contributed by atoms with Gasteiger partial charge in [-0.15, -0.1) is 11.3 Å². The van der Waals surface area contributed by atoms with Crippen LogP contribution in [0, 0.1) is 0 Å². The topological polar surface area (TPSA) is 144 Å². The average molecular weight is 597 g/mol. The Morgan fingerprint density at radius 3 is 2.51 bits per heavy atom. The highest BCUT2D eigenvalue weighted by atomic mass is 32.1. The molecule has 0 spiro atoms. The van der Waals surface area contributed by atoms with E-state index < -0.39 is 17.8 Å². The summed E-state index contributed by atoms with van der Waals surface area (Å²) < 4.78 is 6.10. The van der Waals surface area contributed by atoms with Gasteiger partial charge in [0.1, 0.15) is 11.4 Å². The van der Waals surface area contributed by atoms with Crippen LogP contribution in [-0.2, 0) is 12.0 Å². The first-order chi connectivity index (χ1) is 20.8. The number of nitrogens with two attached hydrogens (primary N) is 1. The average Bonchev–Trinajstić information content (AvgIpc) is 3.39. The van der Waals surface area contributed by atoms with Crippen molar-refractivity contribution in [2.45, 2.75) is 44.6 Å². The molecule has 220 valence electrons. The molecule has 2 aromatic heterocycles. The Morgan fingerprint density at radius 1 is 1.02 bits per heavy atom. The molecule has 0 unspecified atom stereocenters. The number of carboxylic acid groups (broad SMARTS) is 1. The lowest BCUT2D eigenvalue weighted by Crippen LogP contribution is -2.43. The highest BCUT2D eigenvalue weighted by Gasteiger charge is 2.34. The molecule has 0 atom stereocenters. The smallest absolute Gasteiger partial charge is 0.355 e. The van der Waals surface area contributed by atoms with E-state index in [0.29, 0.717) is 36.6 Å². The fourth-order valence-electron chi connectivity index (χ4n) is 5.55. The van der Waals surface area contributed by atoms with Crippen molar-refractivity contribution in [2.75, 3.05) is 18.5 Å². The number of carbonyl (C=O) groups is 3. The van der Waals surface area contributed by atoms with Crippen molar-refractivity contribution in [3.63, 3.8) is 0 Å². The van der Waals surface area contributed by atoms with Crippen LogP contribution in [0.2, 0.25) is 0 Å². The molecular weight excluding hydrogens is 564 g/mol. The van der Waals surface area contributed by atoms with E-state index in [1.165, 1.54) is 12.1 Å². The van der Waals surface area contributed by atoms with Gasteiger partial charge in [0, 0.05) is 51.3 Å². The second-order valence-corrected chi connectivity index (χ2v) is 11.9. The molecule has 0 bridgehead atoms. The van der Waals surface area contributed by atoms with Crippen molar-refractivity contribution in [3.05, 3.63) is 88.1 Å². The first kappa shape index (κ1) is 28.6. The van der Waals surface area contributed by atoms with Gasteiger partial charge in [0.2, 0.25) is 0 Å². The molecule has 5 N–H and O–H groups in total. The van der Waals surface area contributed by atoms with Crippen molar-refractivity contribution >= 4 is 34.8 Å². The fraction of sp³-hybridized carbons (Fsp3) is 0.273. The lowest BCUT2D eigenvalue weighted by molar-refractivity contribution is 0.0691. The van der Waals surface area contributed by atoms with Gasteiger partial charge in [-0.3, -0.25) is 9.59 Å². The summed E-state index contributed by atoms with van der Waals surface area (Å²) in [6.07, 6.45) is 4.41. The van der Waals surface area contributed by atoms with E-state index in [0.717, 1.165) is 47.3 Å². The molecule has 6 rings (SSSR count). The third kappa shape index (κ3) is 5.51. The Morgan fingerprint density at radius 2 is 1.81 bits per heavy atom. The largest absolute Gasteiger partial charge is 0.493 e. The minimum atomic E-state index is -1.31. The number of hydrogen-bond donors (Lipinski definition) is 4. The van der Waals surface area contributed by atoms with Crippen molar-refractivity contribution in [1.82, 2.24) is 10.3 Å². The van der Waals surface area contributed by atoms with Gasteiger partial charge in [0.25, 0.3) is 11.8 Å². The van der Waals surface area contributed by atoms with Crippen LogP contribution >= 0.6 is 11.3 Å². The molecule has 1 fully saturated rings. The number of anilines is 1. The Labute approximate surface area is 253 Å². The van der Waals surface area contributed by atoms with Crippen molar-refractivity contribution in [2.24, 2.45) is 5.73 Å². The summed E-state index contributed by atoms with van der Waals surface area (Å²) in [6, 6.07) is 16.0. The van der Waals surface area contributed by atoms with E-state index in [-0.39, 0.29) is 28.1 Å². The number of fused-ring (bicyclic) bond motifs is 3. The number of aromatic nitrogens is 1. The maximum atomic E-state index is 13.9. The van der Waals surface area contributed by atoms with Crippen LogP contribution in [-0.4, -0.2) is 41.0 Å². The number of carbonyl (C=O) groups excluding carboxylic acids is 2. The van der Waals surface area contributed by atoms with Gasteiger partial charge < -0.3 is 26.2 Å². The van der Waals surface area contributed by atoms with Crippen LogP contribution in [0.5, 0.6) is 5.75 Å². The van der Waals surface area contributed by atoms with E-state index in [4.69, 9.17) is 10.5 Å². The molecule has 1 saturated carbocycles. The first-order valence-corrected chi connectivity index (χ1v) is 15.3. The van der Waals surface area contributed by atoms with Gasteiger partial charge in [0.05, 0.1) is 6.61 Å². The SMILES string of the molecule is CCCNC(=O)c1ccc(-c2cc3c(cc2C(=O)Nc2ccc(C4(N)CCC4)cc2)-c2sccc2CCO3)c(C(=O)O)n1. The molecule has 4 aromatic rings. The van der Waals surface area contributed by atoms with Crippen LogP contribution in [0.1, 0.15) is 75.1 Å². The summed E-state index contributed by atoms with van der Waals surface area (Å²) in [4.78, 5) is 44.2. The number of hydrogen-bond acceptors (Lipinski definition) is 7. The lowest BCUT2D eigenvalue weighted by atomic mass is 9.73. The predicted octanol–water partition coefficient (Wildman–Crippen LogP) is 5.84. The second-order valence-electron chi connectivity index (χ2n) is 11.0. The molecule has 2 amide bonds. The number of nitrogens with one attached hydrogen (secondary N) is 2. The van der Waals surface area contributed by atoms with Crippen LogP contribution in [0.15, 0.2) is 60.0 Å². The van der Waals surface area contributed by atoms with Gasteiger partial charge in [-0.25, -0.2) is 9.78 Å². The Balaban J connectivity index is 1.44. The number of benzene rings is 2. The fourth-order valence-corrected chi connectivity index (χ4v) is 6.53. The summed E-state index contributed by atoms with van der Waals surface area (Å²) in [7, 11) is 0. The monoisotopic (exact) mass is 596 g/mol. The Kier molecular flexibility index (Phi) is 7.72. The number of amides is 2. The zero-order valence-corrected chi connectivity index (χ0v) is 24.6. The van der Waals surface area contributed by atoms with Crippen LogP contribution < -0.4 is 21.1 Å². The molecule has 2 aromatic carbocycles. The van der Waals surface area contributed by atoms with E-state index in [1.807, 2.05) is 36.6 Å². The van der Waals surface area contributed by atoms with Crippen LogP contribution in [0.3, 0.4) is 0 Å². The molecule has 3 heterocycles. The molecule has 43 heavy (non-hydrogen) atoms. The minimum Gasteiger partial charge on any atom is -0.493 e. The maximum absolute atomic E-state index is 13.9. The highest BCUT2D eigenvalue weighted by Crippen LogP contribution is 2.43. The number of pyridine rings is 1. The van der Waals surface area contributed by atoms with Gasteiger partial charge in [-0.2, -0.15) is 0 Å². The van der Waals surface area contributed by atoms with Gasteiger partial charge in [-0.05, 0) is 84.7 Å². The molecule has 9 nitrogen and oxygen atoms in total. The number of rotatable bonds is 8. The molecule has 0 saturated heterocycles. The van der Waals surface area contributed by atoms with Crippen LogP contribution in [0.25, 0.3) is 21.6 Å². The molecule has 2 aliphatic rings. The maximum Gasteiger partial charge on any atom is 0.355 e. The molecular formula is C33H32N4O5S. The number of carboxylic acids is 1. The number of thiophene rings is 1. The Hall–Kier alpha value is -4.54. The van der Waals surface area contributed by atoms with Crippen molar-refractivity contribution in [3.8, 4) is 27.3 Å². The number of ether oxygens (including phenoxy) is 1. The second kappa shape index (κ2) is 11.6. The zero-order chi connectivity index (χ0) is 30.1. The number of aromatic carboxylic acids is 1. The zero-order valence-electron chi connectivity index (χ0n) is 23.7. The predicted molar refractivity (Wildman–Crippen MR) is 166 cm³/mol. The van der Waals surface area contributed by atoms with E-state index >= 15 is 0 Å². The third-order valence-electron chi connectivity index (χ3n) is 8.10. The summed E-state index contributed by atoms with van der Waals surface area (Å²) in [5.41, 5.74) is 10.1. The van der Waals surface area contributed by atoms with E-state index in [2.05, 4.69) is 21.7 Å². The normalized spacial score (nSPS) is 14.7. The van der Waals surface area contributed by atoms with E-state index in [1.54, 1.807) is 23.5 Å². The summed E-state index contributed by atoms with van der Waals surface area (Å²) in [5, 5.41) is 17.8. The Bertz CT molecular complexity index is 1730. The molecule has 1 aliphatic heterocycles.